The van der Waals surface area contributed by atoms with Gasteiger partial charge in [0.25, 0.3) is 0 Å². The van der Waals surface area contributed by atoms with Crippen LogP contribution in [0.4, 0.5) is 5.82 Å². The van der Waals surface area contributed by atoms with E-state index >= 15 is 0 Å². The molecule has 2 aromatic rings. The highest BCUT2D eigenvalue weighted by Gasteiger charge is 2.25. The molecule has 1 saturated carbocycles. The molecular formula is C23H33N5O2. The summed E-state index contributed by atoms with van der Waals surface area (Å²) in [6.07, 6.45) is 5.02. The van der Waals surface area contributed by atoms with Gasteiger partial charge >= 0.3 is 0 Å². The van der Waals surface area contributed by atoms with Gasteiger partial charge in [-0.1, -0.05) is 19.9 Å². The maximum atomic E-state index is 6.30. The van der Waals surface area contributed by atoms with Crippen LogP contribution in [0.5, 0.6) is 11.5 Å². The quantitative estimate of drug-likeness (QED) is 0.717. The minimum Gasteiger partial charge on any atom is -0.493 e. The van der Waals surface area contributed by atoms with Gasteiger partial charge in [-0.15, -0.1) is 0 Å². The Hall–Kier alpha value is -2.70. The first-order valence-corrected chi connectivity index (χ1v) is 11.1. The van der Waals surface area contributed by atoms with Crippen LogP contribution in [0.1, 0.15) is 69.5 Å². The molecule has 0 spiro atoms. The molecular weight excluding hydrogens is 378 g/mol. The lowest BCUT2D eigenvalue weighted by atomic mass is 10.1. The van der Waals surface area contributed by atoms with E-state index in [-0.39, 0.29) is 0 Å². The number of aromatic nitrogens is 2. The summed E-state index contributed by atoms with van der Waals surface area (Å²) >= 11 is 0. The zero-order chi connectivity index (χ0) is 21.1. The normalized spacial score (nSPS) is 16.2. The van der Waals surface area contributed by atoms with Crippen LogP contribution in [-0.4, -0.2) is 41.8 Å². The highest BCUT2D eigenvalue weighted by molar-refractivity contribution is 6.02. The van der Waals surface area contributed by atoms with E-state index in [9.17, 15) is 0 Å². The van der Waals surface area contributed by atoms with Crippen LogP contribution in [0.2, 0.25) is 0 Å². The standard InChI is InChI=1S/C23H33N5O2/c1-5-24-21-20-23(26-14-25-21)28(22(27-20)15(2)3)13-16-10-11-18(29-4)19(12-16)30-17-8-6-7-9-17/h10-12,15,17,26H,5-9,13-14H2,1-4H3,(H,24,25). The van der Waals surface area contributed by atoms with Crippen LogP contribution in [-0.2, 0) is 6.54 Å². The molecule has 1 fully saturated rings. The molecule has 7 nitrogen and oxygen atoms in total. The Morgan fingerprint density at radius 3 is 2.73 bits per heavy atom. The Kier molecular flexibility index (Phi) is 6.16. The second-order valence-electron chi connectivity index (χ2n) is 8.29. The van der Waals surface area contributed by atoms with E-state index < -0.39 is 0 Å². The van der Waals surface area contributed by atoms with Crippen LogP contribution in [0, 0.1) is 0 Å². The third-order valence-corrected chi connectivity index (χ3v) is 5.73. The first kappa shape index (κ1) is 20.6. The highest BCUT2D eigenvalue weighted by atomic mass is 16.5. The lowest BCUT2D eigenvalue weighted by Gasteiger charge is -2.20. The lowest BCUT2D eigenvalue weighted by molar-refractivity contribution is 0.200. The third-order valence-electron chi connectivity index (χ3n) is 5.73. The zero-order valence-electron chi connectivity index (χ0n) is 18.5. The van der Waals surface area contributed by atoms with E-state index in [4.69, 9.17) is 14.5 Å². The number of benzene rings is 1. The fourth-order valence-electron chi connectivity index (χ4n) is 4.27. The van der Waals surface area contributed by atoms with Gasteiger partial charge < -0.3 is 24.7 Å². The second-order valence-corrected chi connectivity index (χ2v) is 8.29. The van der Waals surface area contributed by atoms with E-state index in [2.05, 4.69) is 53.1 Å². The van der Waals surface area contributed by atoms with Crippen LogP contribution < -0.4 is 20.1 Å². The van der Waals surface area contributed by atoms with Crippen molar-refractivity contribution in [3.8, 4) is 11.5 Å². The number of amidine groups is 1. The van der Waals surface area contributed by atoms with E-state index in [1.165, 1.54) is 18.4 Å². The van der Waals surface area contributed by atoms with Gasteiger partial charge in [-0.05, 0) is 50.3 Å². The Labute approximate surface area is 178 Å². The second kappa shape index (κ2) is 8.98. The monoisotopic (exact) mass is 411 g/mol. The number of methoxy groups -OCH3 is 1. The van der Waals surface area contributed by atoms with Crippen molar-refractivity contribution in [1.29, 1.82) is 0 Å². The summed E-state index contributed by atoms with van der Waals surface area (Å²) in [5.74, 6) is 4.87. The molecule has 4 rings (SSSR count). The van der Waals surface area contributed by atoms with Crippen molar-refractivity contribution in [1.82, 2.24) is 14.9 Å². The predicted molar refractivity (Wildman–Crippen MR) is 120 cm³/mol. The number of nitrogens with zero attached hydrogens (tertiary/aromatic N) is 3. The first-order chi connectivity index (χ1) is 14.6. The van der Waals surface area contributed by atoms with Gasteiger partial charge in [0.2, 0.25) is 0 Å². The molecule has 1 aliphatic heterocycles. The summed E-state index contributed by atoms with van der Waals surface area (Å²) in [6, 6.07) is 6.24. The van der Waals surface area contributed by atoms with Gasteiger partial charge in [-0.25, -0.2) is 9.98 Å². The SMILES string of the molecule is CCNC1=NCNc2c1nc(C(C)C)n2Cc1ccc(OC)c(OC2CCCC2)c1. The van der Waals surface area contributed by atoms with Gasteiger partial charge in [0.15, 0.2) is 17.3 Å². The molecule has 162 valence electrons. The maximum Gasteiger partial charge on any atom is 0.161 e. The van der Waals surface area contributed by atoms with Crippen LogP contribution in [0.15, 0.2) is 23.2 Å². The van der Waals surface area contributed by atoms with Crippen molar-refractivity contribution in [2.75, 3.05) is 25.6 Å². The van der Waals surface area contributed by atoms with E-state index in [0.717, 1.165) is 54.1 Å². The predicted octanol–water partition coefficient (Wildman–Crippen LogP) is 4.12. The molecule has 0 amide bonds. The van der Waals surface area contributed by atoms with Crippen LogP contribution >= 0.6 is 0 Å². The fraction of sp³-hybridized carbons (Fsp3) is 0.565. The molecule has 2 heterocycles. The number of nitrogens with one attached hydrogen (secondary N) is 2. The number of ether oxygens (including phenoxy) is 2. The van der Waals surface area contributed by atoms with Crippen LogP contribution in [0.25, 0.3) is 0 Å². The molecule has 2 aliphatic rings. The number of hydrogen-bond donors (Lipinski definition) is 2. The lowest BCUT2D eigenvalue weighted by Crippen LogP contribution is -2.29. The van der Waals surface area contributed by atoms with Crippen LogP contribution in [0.3, 0.4) is 0 Å². The number of anilines is 1. The molecule has 0 unspecified atom stereocenters. The molecule has 0 saturated heterocycles. The van der Waals surface area contributed by atoms with Gasteiger partial charge in [-0.3, -0.25) is 0 Å². The summed E-state index contributed by atoms with van der Waals surface area (Å²) in [7, 11) is 1.70. The van der Waals surface area contributed by atoms with Gasteiger partial charge in [-0.2, -0.15) is 0 Å². The number of imidazole rings is 1. The van der Waals surface area contributed by atoms with E-state index in [1.54, 1.807) is 7.11 Å². The molecule has 2 N–H and O–H groups in total. The number of fused-ring (bicyclic) bond motifs is 1. The molecule has 1 aromatic carbocycles. The number of rotatable bonds is 7. The van der Waals surface area contributed by atoms with E-state index in [1.807, 2.05) is 6.07 Å². The topological polar surface area (TPSA) is 72.7 Å². The zero-order valence-corrected chi connectivity index (χ0v) is 18.5. The summed E-state index contributed by atoms with van der Waals surface area (Å²) in [4.78, 5) is 9.49. The van der Waals surface area contributed by atoms with Gasteiger partial charge in [0.05, 0.1) is 19.8 Å². The van der Waals surface area contributed by atoms with Crippen molar-refractivity contribution in [3.05, 3.63) is 35.3 Å². The Bertz CT molecular complexity index is 913. The Morgan fingerprint density at radius 2 is 2.03 bits per heavy atom. The largest absolute Gasteiger partial charge is 0.493 e. The minimum atomic E-state index is 0.293. The summed E-state index contributed by atoms with van der Waals surface area (Å²) in [5.41, 5.74) is 2.07. The molecule has 0 bridgehead atoms. The molecule has 7 heteroatoms. The van der Waals surface area contributed by atoms with E-state index in [0.29, 0.717) is 25.2 Å². The fourth-order valence-corrected chi connectivity index (χ4v) is 4.27. The molecule has 0 atom stereocenters. The Morgan fingerprint density at radius 1 is 1.23 bits per heavy atom. The van der Waals surface area contributed by atoms with Gasteiger partial charge in [0.1, 0.15) is 24.0 Å². The maximum absolute atomic E-state index is 6.30. The third kappa shape index (κ3) is 4.11. The van der Waals surface area contributed by atoms with Crippen molar-refractivity contribution in [2.24, 2.45) is 4.99 Å². The average molecular weight is 412 g/mol. The summed E-state index contributed by atoms with van der Waals surface area (Å²) in [5, 5.41) is 6.77. The summed E-state index contributed by atoms with van der Waals surface area (Å²) < 4.78 is 14.1. The first-order valence-electron chi connectivity index (χ1n) is 11.1. The molecule has 0 radical (unpaired) electrons. The average Bonchev–Trinajstić information content (AvgIpc) is 3.37. The van der Waals surface area contributed by atoms with Crippen molar-refractivity contribution in [2.45, 2.75) is 65.0 Å². The highest BCUT2D eigenvalue weighted by Crippen LogP contribution is 2.34. The molecule has 1 aromatic heterocycles. The Balaban J connectivity index is 1.66. The number of aliphatic imine (C=N–C) groups is 1. The number of hydrogen-bond acceptors (Lipinski definition) is 6. The summed E-state index contributed by atoms with van der Waals surface area (Å²) in [6.45, 7) is 8.52. The van der Waals surface area contributed by atoms with Crippen molar-refractivity contribution in [3.63, 3.8) is 0 Å². The van der Waals surface area contributed by atoms with Crippen molar-refractivity contribution < 1.29 is 9.47 Å². The smallest absolute Gasteiger partial charge is 0.161 e. The molecule has 30 heavy (non-hydrogen) atoms. The van der Waals surface area contributed by atoms with Crippen molar-refractivity contribution >= 4 is 11.7 Å². The van der Waals surface area contributed by atoms with Gasteiger partial charge in [0, 0.05) is 12.5 Å². The molecule has 1 aliphatic carbocycles. The minimum absolute atomic E-state index is 0.293.